The van der Waals surface area contributed by atoms with Crippen LogP contribution in [0.25, 0.3) is 11.3 Å². The Morgan fingerprint density at radius 3 is 2.33 bits per heavy atom. The Morgan fingerprint density at radius 2 is 1.69 bits per heavy atom. The molecule has 3 heterocycles. The van der Waals surface area contributed by atoms with Crippen molar-refractivity contribution in [2.24, 2.45) is 0 Å². The zero-order valence-corrected chi connectivity index (χ0v) is 23.0. The van der Waals surface area contributed by atoms with Crippen LogP contribution < -0.4 is 19.9 Å². The SMILES string of the molecule is CCN1CCN(C2=C(c3c(C)[nH]n(-c4cccc(Cl)c4)c3=O)C(=O)N(c3ccc(OC)cc3OC)C2=O)CC1. The molecule has 1 saturated heterocycles. The molecule has 3 aromatic rings. The van der Waals surface area contributed by atoms with Gasteiger partial charge < -0.3 is 19.3 Å². The number of methoxy groups -OCH3 is 2. The number of hydrogen-bond donors (Lipinski definition) is 1. The molecular formula is C28H30ClN5O5. The van der Waals surface area contributed by atoms with Gasteiger partial charge in [-0.15, -0.1) is 0 Å². The van der Waals surface area contributed by atoms with Crippen LogP contribution in [-0.2, 0) is 9.59 Å². The number of nitrogens with one attached hydrogen (secondary N) is 1. The fourth-order valence-corrected chi connectivity index (χ4v) is 5.34. The third kappa shape index (κ3) is 4.59. The van der Waals surface area contributed by atoms with Crippen molar-refractivity contribution in [2.45, 2.75) is 13.8 Å². The number of H-pyrrole nitrogens is 1. The second kappa shape index (κ2) is 10.6. The normalized spacial score (nSPS) is 16.4. The van der Waals surface area contributed by atoms with E-state index in [-0.39, 0.29) is 22.5 Å². The molecule has 11 heteroatoms. The van der Waals surface area contributed by atoms with Crippen LogP contribution in [-0.4, -0.2) is 78.3 Å². The van der Waals surface area contributed by atoms with E-state index in [4.69, 9.17) is 21.1 Å². The van der Waals surface area contributed by atoms with Crippen LogP contribution in [0.5, 0.6) is 11.5 Å². The molecule has 1 fully saturated rings. The van der Waals surface area contributed by atoms with Gasteiger partial charge in [0.2, 0.25) is 0 Å². The van der Waals surface area contributed by atoms with Crippen LogP contribution in [0.2, 0.25) is 5.02 Å². The van der Waals surface area contributed by atoms with Crippen molar-refractivity contribution in [3.05, 3.63) is 74.8 Å². The molecule has 204 valence electrons. The molecule has 2 aliphatic heterocycles. The maximum absolute atomic E-state index is 14.2. The lowest BCUT2D eigenvalue weighted by Gasteiger charge is -2.35. The third-order valence-electron chi connectivity index (χ3n) is 7.21. The zero-order chi connectivity index (χ0) is 27.8. The molecule has 10 nitrogen and oxygen atoms in total. The minimum atomic E-state index is -0.589. The van der Waals surface area contributed by atoms with Crippen molar-refractivity contribution >= 4 is 34.7 Å². The van der Waals surface area contributed by atoms with Gasteiger partial charge in [-0.3, -0.25) is 19.5 Å². The molecule has 0 aliphatic carbocycles. The van der Waals surface area contributed by atoms with Crippen molar-refractivity contribution < 1.29 is 19.1 Å². The monoisotopic (exact) mass is 551 g/mol. The van der Waals surface area contributed by atoms with Gasteiger partial charge in [0.25, 0.3) is 17.4 Å². The number of imide groups is 1. The van der Waals surface area contributed by atoms with E-state index in [9.17, 15) is 14.4 Å². The van der Waals surface area contributed by atoms with E-state index in [0.717, 1.165) is 24.5 Å². The molecule has 39 heavy (non-hydrogen) atoms. The average molecular weight is 552 g/mol. The Kier molecular flexibility index (Phi) is 7.24. The number of anilines is 1. The number of aromatic amines is 1. The lowest BCUT2D eigenvalue weighted by molar-refractivity contribution is -0.120. The highest BCUT2D eigenvalue weighted by atomic mass is 35.5. The highest BCUT2D eigenvalue weighted by Crippen LogP contribution is 2.40. The van der Waals surface area contributed by atoms with E-state index in [0.29, 0.717) is 41.0 Å². The summed E-state index contributed by atoms with van der Waals surface area (Å²) in [5, 5.41) is 3.53. The number of ether oxygens (including phenoxy) is 2. The van der Waals surface area contributed by atoms with Gasteiger partial charge in [-0.05, 0) is 43.8 Å². The average Bonchev–Trinajstić information content (AvgIpc) is 3.38. The first-order chi connectivity index (χ1) is 18.8. The summed E-state index contributed by atoms with van der Waals surface area (Å²) >= 11 is 6.17. The number of amides is 2. The van der Waals surface area contributed by atoms with Crippen molar-refractivity contribution in [2.75, 3.05) is 51.8 Å². The predicted octanol–water partition coefficient (Wildman–Crippen LogP) is 3.07. The second-order valence-electron chi connectivity index (χ2n) is 9.36. The lowest BCUT2D eigenvalue weighted by atomic mass is 10.0. The number of halogens is 1. The van der Waals surface area contributed by atoms with Gasteiger partial charge in [0.15, 0.2) is 0 Å². The molecule has 0 bridgehead atoms. The summed E-state index contributed by atoms with van der Waals surface area (Å²) in [6, 6.07) is 11.7. The summed E-state index contributed by atoms with van der Waals surface area (Å²) in [6.45, 7) is 7.26. The van der Waals surface area contributed by atoms with Crippen LogP contribution in [0.1, 0.15) is 18.2 Å². The van der Waals surface area contributed by atoms with Gasteiger partial charge in [0, 0.05) is 43.0 Å². The largest absolute Gasteiger partial charge is 0.497 e. The number of piperazine rings is 1. The molecular weight excluding hydrogens is 522 g/mol. The Balaban J connectivity index is 1.67. The number of likely N-dealkylation sites (N-methyl/N-ethyl adjacent to an activating group) is 1. The van der Waals surface area contributed by atoms with Crippen molar-refractivity contribution in [3.8, 4) is 17.2 Å². The van der Waals surface area contributed by atoms with Crippen molar-refractivity contribution in [3.63, 3.8) is 0 Å². The number of carbonyl (C=O) groups excluding carboxylic acids is 2. The predicted molar refractivity (Wildman–Crippen MR) is 149 cm³/mol. The first kappa shape index (κ1) is 26.6. The standard InChI is InChI=1S/C28H30ClN5O5/c1-5-31-11-13-32(14-12-31)25-24(23-17(2)30-34(27(23)36)19-8-6-7-18(29)15-19)26(35)33(28(25)37)21-10-9-20(38-3)16-22(21)39-4/h6-10,15-16,30H,5,11-14H2,1-4H3. The Morgan fingerprint density at radius 1 is 0.949 bits per heavy atom. The lowest BCUT2D eigenvalue weighted by Crippen LogP contribution is -2.47. The fraction of sp³-hybridized carbons (Fsp3) is 0.321. The summed E-state index contributed by atoms with van der Waals surface area (Å²) in [4.78, 5) is 47.3. The highest BCUT2D eigenvalue weighted by Gasteiger charge is 2.45. The van der Waals surface area contributed by atoms with E-state index < -0.39 is 17.4 Å². The molecule has 2 amide bonds. The molecule has 2 aromatic carbocycles. The molecule has 0 spiro atoms. The quantitative estimate of drug-likeness (QED) is 0.450. The van der Waals surface area contributed by atoms with Gasteiger partial charge in [0.1, 0.15) is 17.2 Å². The number of benzene rings is 2. The van der Waals surface area contributed by atoms with E-state index >= 15 is 0 Å². The molecule has 0 atom stereocenters. The van der Waals surface area contributed by atoms with Gasteiger partial charge in [-0.2, -0.15) is 0 Å². The van der Waals surface area contributed by atoms with Crippen molar-refractivity contribution in [1.82, 2.24) is 19.6 Å². The summed E-state index contributed by atoms with van der Waals surface area (Å²) < 4.78 is 12.1. The summed E-state index contributed by atoms with van der Waals surface area (Å²) in [5.41, 5.74) is 1.25. The number of carbonyl (C=O) groups is 2. The number of aromatic nitrogens is 2. The van der Waals surface area contributed by atoms with E-state index in [1.54, 1.807) is 49.4 Å². The number of rotatable bonds is 7. The van der Waals surface area contributed by atoms with Crippen LogP contribution >= 0.6 is 11.6 Å². The third-order valence-corrected chi connectivity index (χ3v) is 7.45. The first-order valence-corrected chi connectivity index (χ1v) is 13.1. The minimum absolute atomic E-state index is 0.0716. The van der Waals surface area contributed by atoms with Gasteiger partial charge in [0.05, 0.1) is 36.7 Å². The minimum Gasteiger partial charge on any atom is -0.497 e. The molecule has 5 rings (SSSR count). The topological polar surface area (TPSA) is 100 Å². The van der Waals surface area contributed by atoms with Crippen LogP contribution in [0.3, 0.4) is 0 Å². The van der Waals surface area contributed by atoms with Crippen LogP contribution in [0.4, 0.5) is 5.69 Å². The number of nitrogens with zero attached hydrogens (tertiary/aromatic N) is 4. The molecule has 2 aliphatic rings. The second-order valence-corrected chi connectivity index (χ2v) is 9.80. The number of hydrogen-bond acceptors (Lipinski definition) is 7. The van der Waals surface area contributed by atoms with E-state index in [1.807, 2.05) is 4.90 Å². The highest BCUT2D eigenvalue weighted by molar-refractivity contribution is 6.45. The molecule has 0 radical (unpaired) electrons. The van der Waals surface area contributed by atoms with Gasteiger partial charge in [-0.1, -0.05) is 24.6 Å². The first-order valence-electron chi connectivity index (χ1n) is 12.7. The number of aryl methyl sites for hydroxylation is 1. The van der Waals surface area contributed by atoms with Gasteiger partial charge in [-0.25, -0.2) is 9.58 Å². The maximum Gasteiger partial charge on any atom is 0.282 e. The summed E-state index contributed by atoms with van der Waals surface area (Å²) in [5.74, 6) is -0.272. The zero-order valence-electron chi connectivity index (χ0n) is 22.3. The summed E-state index contributed by atoms with van der Waals surface area (Å²) in [7, 11) is 2.98. The molecule has 0 saturated carbocycles. The Labute approximate surface area is 230 Å². The molecule has 1 N–H and O–H groups in total. The Hall–Kier alpha value is -4.02. The van der Waals surface area contributed by atoms with E-state index in [2.05, 4.69) is 16.9 Å². The Bertz CT molecular complexity index is 1530. The van der Waals surface area contributed by atoms with E-state index in [1.165, 1.54) is 18.9 Å². The smallest absolute Gasteiger partial charge is 0.282 e. The van der Waals surface area contributed by atoms with Gasteiger partial charge >= 0.3 is 0 Å². The molecule has 0 unspecified atom stereocenters. The maximum atomic E-state index is 14.2. The van der Waals surface area contributed by atoms with Crippen LogP contribution in [0, 0.1) is 6.92 Å². The van der Waals surface area contributed by atoms with Crippen molar-refractivity contribution in [1.29, 1.82) is 0 Å². The fourth-order valence-electron chi connectivity index (χ4n) is 5.15. The summed E-state index contributed by atoms with van der Waals surface area (Å²) in [6.07, 6.45) is 0. The van der Waals surface area contributed by atoms with Crippen LogP contribution in [0.15, 0.2) is 53.0 Å². The molecule has 1 aromatic heterocycles.